The van der Waals surface area contributed by atoms with Crippen LogP contribution in [0.2, 0.25) is 0 Å². The quantitative estimate of drug-likeness (QED) is 0.767. The minimum atomic E-state index is -0.0934. The molecule has 0 atom stereocenters. The van der Waals surface area contributed by atoms with Crippen molar-refractivity contribution in [1.82, 2.24) is 24.4 Å². The number of amides is 2. The first kappa shape index (κ1) is 18.3. The van der Waals surface area contributed by atoms with E-state index in [-0.39, 0.29) is 11.3 Å². The number of nitrogens with zero attached hydrogens (tertiary/aromatic N) is 5. The maximum absolute atomic E-state index is 13.6. The van der Waals surface area contributed by atoms with Crippen LogP contribution in [0.15, 0.2) is 18.5 Å². The molecule has 5 fully saturated rings. The van der Waals surface area contributed by atoms with Gasteiger partial charge >= 0.3 is 0 Å². The summed E-state index contributed by atoms with van der Waals surface area (Å²) < 4.78 is 1.66. The van der Waals surface area contributed by atoms with E-state index in [2.05, 4.69) is 15.0 Å². The van der Waals surface area contributed by atoms with Gasteiger partial charge in [-0.2, -0.15) is 5.10 Å². The van der Waals surface area contributed by atoms with E-state index < -0.39 is 0 Å². The second-order valence-electron chi connectivity index (χ2n) is 10.1. The Morgan fingerprint density at radius 1 is 0.967 bits per heavy atom. The Balaban J connectivity index is 1.16. The number of aryl methyl sites for hydroxylation is 1. The van der Waals surface area contributed by atoms with Crippen LogP contribution in [0.1, 0.15) is 54.6 Å². The normalized spacial score (nSPS) is 32.8. The van der Waals surface area contributed by atoms with Crippen LogP contribution in [0.4, 0.5) is 0 Å². The molecule has 0 spiro atoms. The summed E-state index contributed by atoms with van der Waals surface area (Å²) in [5, 5.41) is 4.42. The molecule has 2 aromatic rings. The lowest BCUT2D eigenvalue weighted by Gasteiger charge is -2.57. The van der Waals surface area contributed by atoms with Gasteiger partial charge in [0.1, 0.15) is 5.56 Å². The lowest BCUT2D eigenvalue weighted by molar-refractivity contribution is -0.159. The third-order valence-corrected chi connectivity index (χ3v) is 8.13. The van der Waals surface area contributed by atoms with Gasteiger partial charge in [0.25, 0.3) is 5.91 Å². The van der Waals surface area contributed by atoms with Crippen LogP contribution >= 0.6 is 0 Å². The summed E-state index contributed by atoms with van der Waals surface area (Å²) >= 11 is 0. The van der Waals surface area contributed by atoms with Gasteiger partial charge in [0, 0.05) is 38.6 Å². The highest BCUT2D eigenvalue weighted by Gasteiger charge is 2.55. The Bertz CT molecular complexity index is 984. The number of piperazine rings is 1. The number of fused-ring (bicyclic) bond motifs is 1. The van der Waals surface area contributed by atoms with Gasteiger partial charge in [-0.05, 0) is 69.3 Å². The SMILES string of the molecule is Cc1nn2cccnc2c1C(=O)N1CCN(C(=O)C23CC4CC(CC(C4)C2)C3)CC1. The average molecular weight is 408 g/mol. The van der Waals surface area contributed by atoms with Crippen LogP contribution in [0.3, 0.4) is 0 Å². The molecule has 4 aliphatic carbocycles. The Hall–Kier alpha value is -2.44. The lowest BCUT2D eigenvalue weighted by atomic mass is 9.49. The van der Waals surface area contributed by atoms with Crippen molar-refractivity contribution in [2.24, 2.45) is 23.2 Å². The maximum atomic E-state index is 13.6. The number of hydrogen-bond donors (Lipinski definition) is 0. The first-order valence-electron chi connectivity index (χ1n) is 11.4. The summed E-state index contributed by atoms with van der Waals surface area (Å²) in [6.07, 6.45) is 10.9. The summed E-state index contributed by atoms with van der Waals surface area (Å²) in [7, 11) is 0. The fraction of sp³-hybridized carbons (Fsp3) is 0.652. The summed E-state index contributed by atoms with van der Waals surface area (Å²) in [5.41, 5.74) is 1.79. The van der Waals surface area contributed by atoms with Crippen molar-refractivity contribution in [2.45, 2.75) is 45.4 Å². The zero-order valence-corrected chi connectivity index (χ0v) is 17.6. The average Bonchev–Trinajstić information content (AvgIpc) is 3.07. The third-order valence-electron chi connectivity index (χ3n) is 8.13. The molecule has 0 unspecified atom stereocenters. The van der Waals surface area contributed by atoms with Crippen LogP contribution < -0.4 is 0 Å². The molecule has 7 heteroatoms. The summed E-state index contributed by atoms with van der Waals surface area (Å²) in [4.78, 5) is 35.1. The molecule has 2 aromatic heterocycles. The van der Waals surface area contributed by atoms with Crippen molar-refractivity contribution < 1.29 is 9.59 Å². The van der Waals surface area contributed by atoms with E-state index in [0.717, 1.165) is 37.0 Å². The fourth-order valence-electron chi connectivity index (χ4n) is 7.23. The van der Waals surface area contributed by atoms with Crippen LogP contribution in [0.5, 0.6) is 0 Å². The van der Waals surface area contributed by atoms with Crippen LogP contribution in [0.25, 0.3) is 5.65 Å². The predicted octanol–water partition coefficient (Wildman–Crippen LogP) is 2.54. The molecule has 4 bridgehead atoms. The van der Waals surface area contributed by atoms with Crippen molar-refractivity contribution in [3.63, 3.8) is 0 Å². The van der Waals surface area contributed by atoms with Gasteiger partial charge in [-0.25, -0.2) is 9.50 Å². The van der Waals surface area contributed by atoms with Gasteiger partial charge in [-0.3, -0.25) is 9.59 Å². The van der Waals surface area contributed by atoms with E-state index in [9.17, 15) is 9.59 Å². The topological polar surface area (TPSA) is 70.8 Å². The number of rotatable bonds is 2. The van der Waals surface area contributed by atoms with Gasteiger partial charge in [0.05, 0.1) is 11.1 Å². The van der Waals surface area contributed by atoms with Crippen LogP contribution in [-0.2, 0) is 4.79 Å². The minimum absolute atomic E-state index is 0.0249. The van der Waals surface area contributed by atoms with Gasteiger partial charge in [0.15, 0.2) is 5.65 Å². The van der Waals surface area contributed by atoms with Gasteiger partial charge in [-0.15, -0.1) is 0 Å². The summed E-state index contributed by atoms with van der Waals surface area (Å²) in [5.74, 6) is 2.67. The minimum Gasteiger partial charge on any atom is -0.339 e. The molecule has 5 aliphatic rings. The zero-order valence-electron chi connectivity index (χ0n) is 17.6. The first-order chi connectivity index (χ1) is 14.5. The highest BCUT2D eigenvalue weighted by Crippen LogP contribution is 2.60. The van der Waals surface area contributed by atoms with Gasteiger partial charge < -0.3 is 9.80 Å². The van der Waals surface area contributed by atoms with Crippen molar-refractivity contribution in [1.29, 1.82) is 0 Å². The Labute approximate surface area is 176 Å². The Morgan fingerprint density at radius 2 is 1.57 bits per heavy atom. The van der Waals surface area contributed by atoms with E-state index in [1.165, 1.54) is 19.3 Å². The van der Waals surface area contributed by atoms with E-state index in [1.807, 2.05) is 24.1 Å². The smallest absolute Gasteiger partial charge is 0.259 e. The standard InChI is InChI=1S/C23H29N5O2/c1-15-19(20-24-3-2-4-28(20)25-15)21(29)26-5-7-27(8-6-26)22(30)23-12-16-9-17(13-23)11-18(10-16)14-23/h2-4,16-18H,5-14H2,1H3. The first-order valence-corrected chi connectivity index (χ1v) is 11.4. The number of carbonyl (C=O) groups excluding carboxylic acids is 2. The second kappa shape index (κ2) is 6.53. The molecule has 30 heavy (non-hydrogen) atoms. The highest BCUT2D eigenvalue weighted by atomic mass is 16.2. The number of carbonyl (C=O) groups is 2. The summed E-state index contributed by atoms with van der Waals surface area (Å²) in [6.45, 7) is 4.30. The molecular weight excluding hydrogens is 378 g/mol. The van der Waals surface area contributed by atoms with Crippen LogP contribution in [0, 0.1) is 30.1 Å². The molecule has 3 heterocycles. The molecule has 1 saturated heterocycles. The largest absolute Gasteiger partial charge is 0.339 e. The number of aromatic nitrogens is 3. The van der Waals surface area contributed by atoms with E-state index >= 15 is 0 Å². The molecule has 0 N–H and O–H groups in total. The summed E-state index contributed by atoms with van der Waals surface area (Å²) in [6, 6.07) is 1.81. The third kappa shape index (κ3) is 2.70. The van der Waals surface area contributed by atoms with Crippen molar-refractivity contribution in [3.8, 4) is 0 Å². The van der Waals surface area contributed by atoms with E-state index in [0.29, 0.717) is 49.0 Å². The number of hydrogen-bond acceptors (Lipinski definition) is 4. The second-order valence-corrected chi connectivity index (χ2v) is 10.1. The van der Waals surface area contributed by atoms with Crippen molar-refractivity contribution in [2.75, 3.05) is 26.2 Å². The lowest BCUT2D eigenvalue weighted by Crippen LogP contribution is -2.58. The van der Waals surface area contributed by atoms with Crippen molar-refractivity contribution >= 4 is 17.5 Å². The Kier molecular flexibility index (Phi) is 3.99. The van der Waals surface area contributed by atoms with Gasteiger partial charge in [-0.1, -0.05) is 0 Å². The maximum Gasteiger partial charge on any atom is 0.259 e. The van der Waals surface area contributed by atoms with E-state index in [4.69, 9.17) is 0 Å². The Morgan fingerprint density at radius 3 is 2.20 bits per heavy atom. The molecule has 158 valence electrons. The predicted molar refractivity (Wildman–Crippen MR) is 111 cm³/mol. The van der Waals surface area contributed by atoms with Crippen molar-refractivity contribution in [3.05, 3.63) is 29.7 Å². The van der Waals surface area contributed by atoms with Crippen LogP contribution in [-0.4, -0.2) is 62.4 Å². The fourth-order valence-corrected chi connectivity index (χ4v) is 7.23. The molecule has 2 amide bonds. The molecule has 0 aromatic carbocycles. The molecule has 1 aliphatic heterocycles. The molecule has 7 rings (SSSR count). The monoisotopic (exact) mass is 407 g/mol. The van der Waals surface area contributed by atoms with Gasteiger partial charge in [0.2, 0.25) is 5.91 Å². The van der Waals surface area contributed by atoms with E-state index in [1.54, 1.807) is 10.7 Å². The molecule has 7 nitrogen and oxygen atoms in total. The zero-order chi connectivity index (χ0) is 20.5. The molecular formula is C23H29N5O2. The molecule has 4 saturated carbocycles. The highest BCUT2D eigenvalue weighted by molar-refractivity contribution is 6.01. The molecule has 0 radical (unpaired) electrons.